The fraction of sp³-hybridized carbons (Fsp3) is 0.811. The van der Waals surface area contributed by atoms with Crippen LogP contribution >= 0.6 is 0 Å². The zero-order valence-electron chi connectivity index (χ0n) is 31.3. The maximum Gasteiger partial charge on any atom is 0.333 e. The summed E-state index contributed by atoms with van der Waals surface area (Å²) >= 11 is 0. The Balaban J connectivity index is 2.30. The summed E-state index contributed by atoms with van der Waals surface area (Å²) in [5.41, 5.74) is -2.03. The molecule has 2 aliphatic heterocycles. The average Bonchev–Trinajstić information content (AvgIpc) is 3.01. The summed E-state index contributed by atoms with van der Waals surface area (Å²) in [6.45, 7) is 25.7. The Morgan fingerprint density at radius 2 is 1.92 bits per heavy atom. The molecule has 2 saturated heterocycles. The number of ether oxygens (including phenoxy) is 5. The predicted molar refractivity (Wildman–Crippen MR) is 188 cm³/mol. The normalized spacial score (nSPS) is 35.1. The zero-order chi connectivity index (χ0) is 36.6. The number of nitrogens with one attached hydrogen (secondary N) is 2. The standard InChI is InChI=1S/C37H65N3O8/c1-15-28-21-44-36(11,33(25(8)27(10)46-28)48-35-31(41)29(40(13)14)18-24(7)45-35)19-23(6)20-39-26(9)32(38-17-3)37(12,43)30(16-2)47-34(42)22(4)5/h3,15,23-33,35,38-39,41,43H,1,4,16,18-21H2,2,5-14H3/t23-,24?,25+,26-,27?,28?,29?,30-,31?,32-,33-,35?,36?,37-/m1/s1. The fourth-order valence-corrected chi connectivity index (χ4v) is 7.14. The van der Waals surface area contributed by atoms with Crippen molar-refractivity contribution in [2.24, 2.45) is 11.8 Å². The summed E-state index contributed by atoms with van der Waals surface area (Å²) in [4.78, 5) is 14.3. The number of aliphatic hydroxyl groups is 2. The van der Waals surface area contributed by atoms with Gasteiger partial charge in [0.1, 0.15) is 17.8 Å². The highest BCUT2D eigenvalue weighted by Gasteiger charge is 2.49. The van der Waals surface area contributed by atoms with Gasteiger partial charge in [0.15, 0.2) is 6.29 Å². The first kappa shape index (κ1) is 42.2. The lowest BCUT2D eigenvalue weighted by Gasteiger charge is -2.49. The third-order valence-electron chi connectivity index (χ3n) is 10.1. The number of carbonyl (C=O) groups excluding carboxylic acids is 1. The number of esters is 1. The third-order valence-corrected chi connectivity index (χ3v) is 10.1. The van der Waals surface area contributed by atoms with Gasteiger partial charge in [0.05, 0.1) is 42.7 Å². The molecule has 0 aromatic rings. The van der Waals surface area contributed by atoms with Gasteiger partial charge in [-0.2, -0.15) is 0 Å². The van der Waals surface area contributed by atoms with Crippen LogP contribution in [0.1, 0.15) is 81.6 Å². The van der Waals surface area contributed by atoms with Crippen LogP contribution in [0.4, 0.5) is 0 Å². The fourth-order valence-electron chi connectivity index (χ4n) is 7.14. The highest BCUT2D eigenvalue weighted by atomic mass is 16.7. The van der Waals surface area contributed by atoms with Gasteiger partial charge in [0.2, 0.25) is 0 Å². The van der Waals surface area contributed by atoms with Crippen molar-refractivity contribution >= 4 is 5.97 Å². The molecule has 0 bridgehead atoms. The molecule has 48 heavy (non-hydrogen) atoms. The Bertz CT molecular complexity index is 1090. The second kappa shape index (κ2) is 18.3. The van der Waals surface area contributed by atoms with Gasteiger partial charge >= 0.3 is 5.97 Å². The van der Waals surface area contributed by atoms with Crippen molar-refractivity contribution < 1.29 is 38.7 Å². The summed E-state index contributed by atoms with van der Waals surface area (Å²) in [6.07, 6.45) is 5.58. The van der Waals surface area contributed by atoms with Gasteiger partial charge in [-0.15, -0.1) is 6.58 Å². The number of aliphatic hydroxyl groups excluding tert-OH is 1. The van der Waals surface area contributed by atoms with E-state index in [1.807, 2.05) is 46.7 Å². The molecule has 11 heteroatoms. The molecule has 11 nitrogen and oxygen atoms in total. The largest absolute Gasteiger partial charge is 0.456 e. The molecule has 0 aromatic heterocycles. The molecule has 2 aliphatic rings. The predicted octanol–water partition coefficient (Wildman–Crippen LogP) is 3.38. The maximum atomic E-state index is 12.3. The molecule has 0 aromatic carbocycles. The Labute approximate surface area is 290 Å². The highest BCUT2D eigenvalue weighted by Crippen LogP contribution is 2.38. The van der Waals surface area contributed by atoms with Crippen LogP contribution in [-0.2, 0) is 28.5 Å². The van der Waals surface area contributed by atoms with Gasteiger partial charge in [-0.3, -0.25) is 0 Å². The van der Waals surface area contributed by atoms with Crippen molar-refractivity contribution in [3.05, 3.63) is 24.8 Å². The van der Waals surface area contributed by atoms with Crippen molar-refractivity contribution in [2.45, 2.75) is 154 Å². The van der Waals surface area contributed by atoms with Crippen LogP contribution in [0.25, 0.3) is 0 Å². The molecule has 4 N–H and O–H groups in total. The second-order valence-electron chi connectivity index (χ2n) is 14.8. The van der Waals surface area contributed by atoms with Crippen molar-refractivity contribution in [1.29, 1.82) is 0 Å². The molecule has 2 rings (SSSR count). The molecular weight excluding hydrogens is 614 g/mol. The van der Waals surface area contributed by atoms with Crippen LogP contribution in [0.5, 0.6) is 0 Å². The first-order valence-corrected chi connectivity index (χ1v) is 17.4. The minimum atomic E-state index is -1.50. The van der Waals surface area contributed by atoms with E-state index >= 15 is 0 Å². The van der Waals surface area contributed by atoms with Gasteiger partial charge in [-0.25, -0.2) is 4.79 Å². The van der Waals surface area contributed by atoms with Crippen molar-refractivity contribution in [3.8, 4) is 12.5 Å². The summed E-state index contributed by atoms with van der Waals surface area (Å²) in [5.74, 6) is -0.612. The minimum Gasteiger partial charge on any atom is -0.456 e. The topological polar surface area (TPSA) is 131 Å². The Hall–Kier alpha value is -2.01. The molecule has 0 saturated carbocycles. The molecule has 0 amide bonds. The van der Waals surface area contributed by atoms with Crippen LogP contribution < -0.4 is 10.6 Å². The van der Waals surface area contributed by atoms with Gasteiger partial charge in [-0.1, -0.05) is 39.8 Å². The van der Waals surface area contributed by atoms with Gasteiger partial charge in [0.25, 0.3) is 0 Å². The van der Waals surface area contributed by atoms with Gasteiger partial charge in [-0.05, 0) is 87.4 Å². The van der Waals surface area contributed by atoms with E-state index in [0.29, 0.717) is 32.4 Å². The number of hydrogen-bond donors (Lipinski definition) is 4. The molecule has 14 atom stereocenters. The van der Waals surface area contributed by atoms with Crippen molar-refractivity contribution in [3.63, 3.8) is 0 Å². The molecule has 0 radical (unpaired) electrons. The Morgan fingerprint density at radius 1 is 1.27 bits per heavy atom. The smallest absolute Gasteiger partial charge is 0.333 e. The Morgan fingerprint density at radius 3 is 2.46 bits per heavy atom. The van der Waals surface area contributed by atoms with E-state index in [2.05, 4.69) is 50.6 Å². The molecular formula is C37H65N3O8. The van der Waals surface area contributed by atoms with E-state index in [4.69, 9.17) is 30.1 Å². The number of terminal acetylenes is 1. The van der Waals surface area contributed by atoms with Crippen molar-refractivity contribution in [1.82, 2.24) is 15.5 Å². The maximum absolute atomic E-state index is 12.3. The minimum absolute atomic E-state index is 0.0684. The summed E-state index contributed by atoms with van der Waals surface area (Å²) in [5, 5.41) is 29.5. The monoisotopic (exact) mass is 679 g/mol. The quantitative estimate of drug-likeness (QED) is 0.0630. The van der Waals surface area contributed by atoms with Crippen LogP contribution in [0.15, 0.2) is 24.8 Å². The van der Waals surface area contributed by atoms with E-state index in [1.54, 1.807) is 19.9 Å². The lowest BCUT2D eigenvalue weighted by Crippen LogP contribution is -2.63. The SMILES string of the molecule is C#CN[C@H]([C@@H](C)NC[C@H](C)CC1(C)OCC(C=C)OC(C)[C@H](C)[C@H]1OC1OC(C)CC(N(C)C)C1O)[C@](C)(O)[C@@H](CC)OC(=O)C(=C)C. The first-order valence-electron chi connectivity index (χ1n) is 17.4. The summed E-state index contributed by atoms with van der Waals surface area (Å²) in [6, 6.07) is 1.38. The Kier molecular flexibility index (Phi) is 16.1. The average molecular weight is 680 g/mol. The van der Waals surface area contributed by atoms with E-state index in [9.17, 15) is 15.0 Å². The van der Waals surface area contributed by atoms with E-state index in [1.165, 1.54) is 0 Å². The molecule has 2 heterocycles. The molecule has 0 spiro atoms. The summed E-state index contributed by atoms with van der Waals surface area (Å²) in [7, 11) is 3.91. The van der Waals surface area contributed by atoms with E-state index < -0.39 is 47.8 Å². The van der Waals surface area contributed by atoms with Crippen LogP contribution in [0, 0.1) is 24.3 Å². The lowest BCUT2D eigenvalue weighted by atomic mass is 9.79. The zero-order valence-corrected chi connectivity index (χ0v) is 31.3. The molecule has 276 valence electrons. The van der Waals surface area contributed by atoms with Gasteiger partial charge < -0.3 is 49.4 Å². The molecule has 0 aliphatic carbocycles. The van der Waals surface area contributed by atoms with E-state index in [0.717, 1.165) is 0 Å². The summed E-state index contributed by atoms with van der Waals surface area (Å²) < 4.78 is 31.5. The van der Waals surface area contributed by atoms with Crippen LogP contribution in [0.3, 0.4) is 0 Å². The van der Waals surface area contributed by atoms with Gasteiger partial charge in [0, 0.05) is 29.6 Å². The number of rotatable bonds is 16. The third kappa shape index (κ3) is 10.7. The van der Waals surface area contributed by atoms with Crippen LogP contribution in [0.2, 0.25) is 0 Å². The highest BCUT2D eigenvalue weighted by molar-refractivity contribution is 5.87. The van der Waals surface area contributed by atoms with Crippen molar-refractivity contribution in [2.75, 3.05) is 27.2 Å². The molecule has 2 fully saturated rings. The lowest BCUT2D eigenvalue weighted by molar-refractivity contribution is -0.311. The van der Waals surface area contributed by atoms with Crippen LogP contribution in [-0.4, -0.2) is 121 Å². The number of likely N-dealkylation sites (N-methyl/N-ethyl adjacent to an activating group) is 1. The van der Waals surface area contributed by atoms with E-state index in [-0.39, 0.29) is 47.8 Å². The number of nitrogens with zero attached hydrogens (tertiary/aromatic N) is 1. The number of carbonyl (C=O) groups is 1. The number of hydrogen-bond acceptors (Lipinski definition) is 11. The second-order valence-corrected chi connectivity index (χ2v) is 14.8. The first-order chi connectivity index (χ1) is 22.3. The molecule has 7 unspecified atom stereocenters.